The van der Waals surface area contributed by atoms with Gasteiger partial charge in [0.25, 0.3) is 0 Å². The predicted molar refractivity (Wildman–Crippen MR) is 108 cm³/mol. The van der Waals surface area contributed by atoms with Crippen molar-refractivity contribution in [1.82, 2.24) is 0 Å². The van der Waals surface area contributed by atoms with Crippen LogP contribution in [0.5, 0.6) is 0 Å². The summed E-state index contributed by atoms with van der Waals surface area (Å²) in [5, 5.41) is 2.93. The van der Waals surface area contributed by atoms with Crippen LogP contribution in [0.15, 0.2) is 47.4 Å². The van der Waals surface area contributed by atoms with Gasteiger partial charge < -0.3 is 10.2 Å². The van der Waals surface area contributed by atoms with Crippen LogP contribution in [-0.4, -0.2) is 24.1 Å². The first-order valence-electron chi connectivity index (χ1n) is 8.93. The van der Waals surface area contributed by atoms with Crippen LogP contribution in [0, 0.1) is 13.8 Å². The van der Waals surface area contributed by atoms with Crippen LogP contribution in [0.2, 0.25) is 0 Å². The summed E-state index contributed by atoms with van der Waals surface area (Å²) in [4.78, 5) is 26.9. The number of hydrogen-bond donors (Lipinski definition) is 1. The predicted octanol–water partition coefficient (Wildman–Crippen LogP) is 4.55. The van der Waals surface area contributed by atoms with Crippen molar-refractivity contribution in [2.75, 3.05) is 22.5 Å². The molecule has 1 N–H and O–H groups in total. The summed E-state index contributed by atoms with van der Waals surface area (Å²) in [5.74, 6) is 0.924. The van der Waals surface area contributed by atoms with Gasteiger partial charge in [-0.15, -0.1) is 11.8 Å². The molecule has 2 aromatic carbocycles. The maximum absolute atomic E-state index is 12.1. The van der Waals surface area contributed by atoms with Crippen LogP contribution < -0.4 is 10.2 Å². The fraction of sp³-hybridized carbons (Fsp3) is 0.333. The molecule has 1 fully saturated rings. The van der Waals surface area contributed by atoms with Crippen LogP contribution >= 0.6 is 11.8 Å². The Morgan fingerprint density at radius 2 is 1.92 bits per heavy atom. The fourth-order valence-corrected chi connectivity index (χ4v) is 4.04. The van der Waals surface area contributed by atoms with Gasteiger partial charge in [-0.2, -0.15) is 0 Å². The highest BCUT2D eigenvalue weighted by Crippen LogP contribution is 2.25. The molecule has 2 amide bonds. The molecule has 1 saturated heterocycles. The average Bonchev–Trinajstić information content (AvgIpc) is 3.03. The highest BCUT2D eigenvalue weighted by atomic mass is 32.2. The number of benzene rings is 2. The number of anilines is 2. The van der Waals surface area contributed by atoms with Crippen molar-refractivity contribution in [2.45, 2.75) is 38.0 Å². The molecule has 5 heteroatoms. The molecule has 0 unspecified atom stereocenters. The van der Waals surface area contributed by atoms with Crippen LogP contribution in [0.4, 0.5) is 11.4 Å². The summed E-state index contributed by atoms with van der Waals surface area (Å²) < 4.78 is 0. The number of hydrogen-bond acceptors (Lipinski definition) is 3. The zero-order valence-corrected chi connectivity index (χ0v) is 16.1. The molecule has 136 valence electrons. The van der Waals surface area contributed by atoms with E-state index in [2.05, 4.69) is 37.4 Å². The summed E-state index contributed by atoms with van der Waals surface area (Å²) in [7, 11) is 0. The standard InChI is InChI=1S/C21H24N2O2S/c1-15-5-10-19(16(2)14-15)26-13-11-20(24)22-17-6-8-18(9-7-17)23-12-3-4-21(23)25/h5-10,14H,3-4,11-13H2,1-2H3,(H,22,24). The Morgan fingerprint density at radius 1 is 1.15 bits per heavy atom. The van der Waals surface area contributed by atoms with E-state index < -0.39 is 0 Å². The smallest absolute Gasteiger partial charge is 0.227 e. The van der Waals surface area contributed by atoms with Crippen molar-refractivity contribution in [3.05, 3.63) is 53.6 Å². The Balaban J connectivity index is 1.48. The van der Waals surface area contributed by atoms with Gasteiger partial charge in [0.2, 0.25) is 11.8 Å². The van der Waals surface area contributed by atoms with Crippen molar-refractivity contribution in [1.29, 1.82) is 0 Å². The molecule has 1 aliphatic rings. The third-order valence-corrected chi connectivity index (χ3v) is 5.63. The first-order valence-corrected chi connectivity index (χ1v) is 9.92. The second-order valence-corrected chi connectivity index (χ2v) is 7.75. The first-order chi connectivity index (χ1) is 12.5. The van der Waals surface area contributed by atoms with Crippen LogP contribution in [0.1, 0.15) is 30.4 Å². The number of nitrogens with zero attached hydrogens (tertiary/aromatic N) is 1. The quantitative estimate of drug-likeness (QED) is 0.761. The van der Waals surface area contributed by atoms with Crippen LogP contribution in [-0.2, 0) is 9.59 Å². The maximum atomic E-state index is 12.1. The summed E-state index contributed by atoms with van der Waals surface area (Å²) in [6, 6.07) is 13.9. The largest absolute Gasteiger partial charge is 0.326 e. The van der Waals surface area contributed by atoms with Crippen molar-refractivity contribution in [3.63, 3.8) is 0 Å². The molecule has 4 nitrogen and oxygen atoms in total. The summed E-state index contributed by atoms with van der Waals surface area (Å²) >= 11 is 1.71. The molecule has 3 rings (SSSR count). The highest BCUT2D eigenvalue weighted by Gasteiger charge is 2.21. The average molecular weight is 369 g/mol. The zero-order valence-electron chi connectivity index (χ0n) is 15.2. The van der Waals surface area contributed by atoms with Crippen molar-refractivity contribution < 1.29 is 9.59 Å². The molecule has 0 radical (unpaired) electrons. The monoisotopic (exact) mass is 368 g/mol. The molecule has 1 heterocycles. The van der Waals surface area contributed by atoms with E-state index in [9.17, 15) is 9.59 Å². The number of rotatable bonds is 6. The number of aryl methyl sites for hydroxylation is 2. The molecule has 0 spiro atoms. The minimum Gasteiger partial charge on any atom is -0.326 e. The number of nitrogens with one attached hydrogen (secondary N) is 1. The third kappa shape index (κ3) is 4.67. The lowest BCUT2D eigenvalue weighted by molar-refractivity contribution is -0.117. The SMILES string of the molecule is Cc1ccc(SCCC(=O)Nc2ccc(N3CCCC3=O)cc2)c(C)c1. The minimum atomic E-state index is 0.00673. The summed E-state index contributed by atoms with van der Waals surface area (Å²) in [5.41, 5.74) is 4.17. The molecule has 0 bridgehead atoms. The third-order valence-electron chi connectivity index (χ3n) is 4.45. The summed E-state index contributed by atoms with van der Waals surface area (Å²) in [6.07, 6.45) is 2.00. The second-order valence-electron chi connectivity index (χ2n) is 6.61. The highest BCUT2D eigenvalue weighted by molar-refractivity contribution is 7.99. The minimum absolute atomic E-state index is 0.00673. The van der Waals surface area contributed by atoms with E-state index in [0.717, 1.165) is 30.1 Å². The van der Waals surface area contributed by atoms with E-state index in [1.54, 1.807) is 16.7 Å². The molecule has 1 aliphatic heterocycles. The Bertz CT molecular complexity index is 802. The Hall–Kier alpha value is -2.27. The van der Waals surface area contributed by atoms with Gasteiger partial charge in [0.1, 0.15) is 0 Å². The van der Waals surface area contributed by atoms with Gasteiger partial charge in [0.15, 0.2) is 0 Å². The van der Waals surface area contributed by atoms with Gasteiger partial charge in [0.05, 0.1) is 0 Å². The number of thioether (sulfide) groups is 1. The lowest BCUT2D eigenvalue weighted by Crippen LogP contribution is -2.23. The molecule has 0 atom stereocenters. The Labute approximate surface area is 159 Å². The molecule has 0 saturated carbocycles. The topological polar surface area (TPSA) is 49.4 Å². The van der Waals surface area contributed by atoms with Crippen molar-refractivity contribution in [2.24, 2.45) is 0 Å². The fourth-order valence-electron chi connectivity index (χ4n) is 3.08. The summed E-state index contributed by atoms with van der Waals surface area (Å²) in [6.45, 7) is 4.96. The molecule has 0 aromatic heterocycles. The second kappa shape index (κ2) is 8.41. The Morgan fingerprint density at radius 3 is 2.58 bits per heavy atom. The van der Waals surface area contributed by atoms with Crippen molar-refractivity contribution in [3.8, 4) is 0 Å². The zero-order chi connectivity index (χ0) is 18.5. The van der Waals surface area contributed by atoms with Gasteiger partial charge >= 0.3 is 0 Å². The van der Waals surface area contributed by atoms with Crippen LogP contribution in [0.25, 0.3) is 0 Å². The lowest BCUT2D eigenvalue weighted by atomic mass is 10.2. The molecule has 2 aromatic rings. The Kier molecular flexibility index (Phi) is 5.99. The number of carbonyl (C=O) groups is 2. The molecule has 26 heavy (non-hydrogen) atoms. The van der Waals surface area contributed by atoms with E-state index >= 15 is 0 Å². The number of amides is 2. The van der Waals surface area contributed by atoms with Gasteiger partial charge in [0, 0.05) is 41.4 Å². The van der Waals surface area contributed by atoms with E-state index in [4.69, 9.17) is 0 Å². The van der Waals surface area contributed by atoms with Gasteiger partial charge in [-0.05, 0) is 56.2 Å². The maximum Gasteiger partial charge on any atom is 0.227 e. The molecular formula is C21H24N2O2S. The first kappa shape index (κ1) is 18.5. The van der Waals surface area contributed by atoms with E-state index in [1.807, 2.05) is 24.3 Å². The van der Waals surface area contributed by atoms with E-state index in [-0.39, 0.29) is 11.8 Å². The number of carbonyl (C=O) groups excluding carboxylic acids is 2. The normalized spacial score (nSPS) is 13.9. The van der Waals surface area contributed by atoms with Gasteiger partial charge in [-0.3, -0.25) is 9.59 Å². The van der Waals surface area contributed by atoms with Crippen molar-refractivity contribution >= 4 is 35.0 Å². The van der Waals surface area contributed by atoms with E-state index in [0.29, 0.717) is 12.8 Å². The van der Waals surface area contributed by atoms with Gasteiger partial charge in [-0.1, -0.05) is 17.7 Å². The van der Waals surface area contributed by atoms with E-state index in [1.165, 1.54) is 16.0 Å². The molecule has 0 aliphatic carbocycles. The van der Waals surface area contributed by atoms with Crippen LogP contribution in [0.3, 0.4) is 0 Å². The van der Waals surface area contributed by atoms with Gasteiger partial charge in [-0.25, -0.2) is 0 Å². The lowest BCUT2D eigenvalue weighted by Gasteiger charge is -2.16. The molecular weight excluding hydrogens is 344 g/mol.